The van der Waals surface area contributed by atoms with Crippen LogP contribution in [0.25, 0.3) is 22.3 Å². The summed E-state index contributed by atoms with van der Waals surface area (Å²) in [6.45, 7) is 7.71. The van der Waals surface area contributed by atoms with Gasteiger partial charge in [0.05, 0.1) is 47.5 Å². The van der Waals surface area contributed by atoms with Gasteiger partial charge in [-0.25, -0.2) is 4.98 Å². The Labute approximate surface area is 244 Å². The number of carbonyl (C=O) groups excluding carboxylic acids is 1. The van der Waals surface area contributed by atoms with Gasteiger partial charge in [0.2, 0.25) is 0 Å². The van der Waals surface area contributed by atoms with E-state index in [0.29, 0.717) is 45.0 Å². The fourth-order valence-electron chi connectivity index (χ4n) is 4.63. The molecular formula is C34H32N4O4. The molecule has 1 heterocycles. The van der Waals surface area contributed by atoms with Crippen LogP contribution in [0.1, 0.15) is 38.2 Å². The molecule has 42 heavy (non-hydrogen) atoms. The van der Waals surface area contributed by atoms with Crippen molar-refractivity contribution < 1.29 is 14.3 Å². The highest BCUT2D eigenvalue weighted by Gasteiger charge is 2.17. The Bertz CT molecular complexity index is 1890. The third-order valence-electron chi connectivity index (χ3n) is 6.78. The SMILES string of the molecule is COc1cccc(C)c1-c1nc2cc(C)ccc2c(=O)[nH]1.COc1cccc(C)c1C(=O)Nc1cc(C)ccc1C#N. The van der Waals surface area contributed by atoms with E-state index in [0.717, 1.165) is 27.8 Å². The smallest absolute Gasteiger partial charge is 0.259 e. The second-order valence-electron chi connectivity index (χ2n) is 9.85. The molecule has 0 saturated heterocycles. The lowest BCUT2D eigenvalue weighted by atomic mass is 10.1. The highest BCUT2D eigenvalue weighted by molar-refractivity contribution is 6.07. The predicted octanol–water partition coefficient (Wildman–Crippen LogP) is 6.65. The number of hydrogen-bond acceptors (Lipinski definition) is 6. The van der Waals surface area contributed by atoms with E-state index in [1.807, 2.05) is 76.2 Å². The Morgan fingerprint density at radius 2 is 1.50 bits per heavy atom. The van der Waals surface area contributed by atoms with Gasteiger partial charge in [0.1, 0.15) is 23.4 Å². The highest BCUT2D eigenvalue weighted by atomic mass is 16.5. The van der Waals surface area contributed by atoms with E-state index in [1.165, 1.54) is 7.11 Å². The van der Waals surface area contributed by atoms with Crippen LogP contribution in [0.15, 0.2) is 77.6 Å². The van der Waals surface area contributed by atoms with Crippen LogP contribution < -0.4 is 20.3 Å². The third-order valence-corrected chi connectivity index (χ3v) is 6.78. The number of benzene rings is 4. The average Bonchev–Trinajstić information content (AvgIpc) is 2.96. The van der Waals surface area contributed by atoms with Gasteiger partial charge in [-0.1, -0.05) is 36.4 Å². The molecule has 0 fully saturated rings. The summed E-state index contributed by atoms with van der Waals surface area (Å²) in [7, 11) is 3.14. The lowest BCUT2D eigenvalue weighted by molar-refractivity contribution is 0.102. The number of anilines is 1. The fraction of sp³-hybridized carbons (Fsp3) is 0.176. The summed E-state index contributed by atoms with van der Waals surface area (Å²) in [5.74, 6) is 1.46. The number of aromatic nitrogens is 2. The molecule has 0 unspecified atom stereocenters. The summed E-state index contributed by atoms with van der Waals surface area (Å²) < 4.78 is 10.6. The molecule has 5 aromatic rings. The first-order chi connectivity index (χ1) is 20.2. The van der Waals surface area contributed by atoms with Crippen LogP contribution in [0.3, 0.4) is 0 Å². The fourth-order valence-corrected chi connectivity index (χ4v) is 4.63. The van der Waals surface area contributed by atoms with Gasteiger partial charge in [0, 0.05) is 0 Å². The number of nitrogens with zero attached hydrogens (tertiary/aromatic N) is 2. The van der Waals surface area contributed by atoms with Gasteiger partial charge in [0.15, 0.2) is 0 Å². The normalized spacial score (nSPS) is 10.3. The molecule has 0 atom stereocenters. The topological polar surface area (TPSA) is 117 Å². The molecule has 0 spiro atoms. The van der Waals surface area contributed by atoms with Gasteiger partial charge in [-0.15, -0.1) is 0 Å². The number of amides is 1. The predicted molar refractivity (Wildman–Crippen MR) is 165 cm³/mol. The number of fused-ring (bicyclic) bond motifs is 1. The molecule has 0 radical (unpaired) electrons. The Kier molecular flexibility index (Phi) is 9.03. The van der Waals surface area contributed by atoms with Crippen LogP contribution in [-0.4, -0.2) is 30.1 Å². The number of nitrogens with one attached hydrogen (secondary N) is 2. The second kappa shape index (κ2) is 12.8. The first kappa shape index (κ1) is 29.6. The summed E-state index contributed by atoms with van der Waals surface area (Å²) in [6, 6.07) is 24.2. The number of methoxy groups -OCH3 is 2. The number of aromatic amines is 1. The van der Waals surface area contributed by atoms with E-state index in [-0.39, 0.29) is 11.5 Å². The number of nitriles is 1. The largest absolute Gasteiger partial charge is 0.496 e. The van der Waals surface area contributed by atoms with Crippen LogP contribution >= 0.6 is 0 Å². The molecule has 2 N–H and O–H groups in total. The van der Waals surface area contributed by atoms with E-state index in [9.17, 15) is 9.59 Å². The maximum atomic E-state index is 12.5. The van der Waals surface area contributed by atoms with Gasteiger partial charge in [-0.05, 0) is 86.3 Å². The minimum Gasteiger partial charge on any atom is -0.496 e. The number of hydrogen-bond donors (Lipinski definition) is 2. The average molecular weight is 561 g/mol. The number of ether oxygens (including phenoxy) is 2. The number of H-pyrrole nitrogens is 1. The van der Waals surface area contributed by atoms with Crippen LogP contribution in [0.5, 0.6) is 11.5 Å². The summed E-state index contributed by atoms with van der Waals surface area (Å²) >= 11 is 0. The number of rotatable bonds is 5. The number of aryl methyl sites for hydroxylation is 4. The molecule has 4 aromatic carbocycles. The molecule has 1 aromatic heterocycles. The van der Waals surface area contributed by atoms with Crippen molar-refractivity contribution in [2.45, 2.75) is 27.7 Å². The van der Waals surface area contributed by atoms with Gasteiger partial charge < -0.3 is 19.8 Å². The maximum Gasteiger partial charge on any atom is 0.259 e. The Balaban J connectivity index is 0.000000193. The van der Waals surface area contributed by atoms with Crippen molar-refractivity contribution in [2.24, 2.45) is 0 Å². The van der Waals surface area contributed by atoms with Crippen LogP contribution in [0, 0.1) is 39.0 Å². The van der Waals surface area contributed by atoms with Crippen molar-refractivity contribution >= 4 is 22.5 Å². The third kappa shape index (κ3) is 6.31. The van der Waals surface area contributed by atoms with Gasteiger partial charge in [-0.3, -0.25) is 9.59 Å². The first-order valence-corrected chi connectivity index (χ1v) is 13.3. The molecule has 0 saturated carbocycles. The Hall–Kier alpha value is -5.42. The molecule has 0 bridgehead atoms. The molecule has 0 aliphatic carbocycles. The quantitative estimate of drug-likeness (QED) is 0.249. The van der Waals surface area contributed by atoms with E-state index >= 15 is 0 Å². The summed E-state index contributed by atoms with van der Waals surface area (Å²) in [6.07, 6.45) is 0. The van der Waals surface area contributed by atoms with E-state index in [1.54, 1.807) is 31.4 Å². The monoisotopic (exact) mass is 560 g/mol. The first-order valence-electron chi connectivity index (χ1n) is 13.3. The van der Waals surface area contributed by atoms with Gasteiger partial charge in [0.25, 0.3) is 11.5 Å². The molecule has 8 heteroatoms. The molecule has 0 aliphatic heterocycles. The van der Waals surface area contributed by atoms with Crippen molar-refractivity contribution in [2.75, 3.05) is 19.5 Å². The minimum absolute atomic E-state index is 0.139. The van der Waals surface area contributed by atoms with E-state index in [2.05, 4.69) is 21.4 Å². The summed E-state index contributed by atoms with van der Waals surface area (Å²) in [5, 5.41) is 12.5. The zero-order valence-corrected chi connectivity index (χ0v) is 24.5. The second-order valence-corrected chi connectivity index (χ2v) is 9.85. The maximum absolute atomic E-state index is 12.5. The van der Waals surface area contributed by atoms with Crippen molar-refractivity contribution in [3.8, 4) is 29.0 Å². The zero-order chi connectivity index (χ0) is 30.4. The standard InChI is InChI=1S/2C17H16N2O2/c1-10-7-8-12-13(9-10)18-16(19-17(12)20)15-11(2)5-4-6-14(15)21-3;1-11-7-8-13(10-18)14(9-11)19-17(20)16-12(2)5-4-6-15(16)21-3/h4-9H,1-3H3,(H,18,19,20);4-9H,1-3H3,(H,19,20). The van der Waals surface area contributed by atoms with Crippen LogP contribution in [0.2, 0.25) is 0 Å². The molecule has 5 rings (SSSR count). The lowest BCUT2D eigenvalue weighted by Crippen LogP contribution is -2.15. The minimum atomic E-state index is -0.285. The van der Waals surface area contributed by atoms with Crippen molar-refractivity contribution in [3.05, 3.63) is 117 Å². The lowest BCUT2D eigenvalue weighted by Gasteiger charge is -2.13. The molecule has 1 amide bonds. The Morgan fingerprint density at radius 1 is 0.857 bits per heavy atom. The highest BCUT2D eigenvalue weighted by Crippen LogP contribution is 2.31. The van der Waals surface area contributed by atoms with Crippen molar-refractivity contribution in [3.63, 3.8) is 0 Å². The zero-order valence-electron chi connectivity index (χ0n) is 24.5. The van der Waals surface area contributed by atoms with Crippen molar-refractivity contribution in [1.29, 1.82) is 5.26 Å². The van der Waals surface area contributed by atoms with E-state index < -0.39 is 0 Å². The molecular weight excluding hydrogens is 528 g/mol. The van der Waals surface area contributed by atoms with E-state index in [4.69, 9.17) is 14.7 Å². The number of carbonyl (C=O) groups is 1. The summed E-state index contributed by atoms with van der Waals surface area (Å²) in [4.78, 5) is 32.2. The molecule has 8 nitrogen and oxygen atoms in total. The molecule has 0 aliphatic rings. The van der Waals surface area contributed by atoms with Gasteiger partial charge in [-0.2, -0.15) is 5.26 Å². The van der Waals surface area contributed by atoms with Crippen LogP contribution in [0.4, 0.5) is 5.69 Å². The summed E-state index contributed by atoms with van der Waals surface area (Å²) in [5.41, 5.74) is 6.66. The van der Waals surface area contributed by atoms with Gasteiger partial charge >= 0.3 is 0 Å². The Morgan fingerprint density at radius 3 is 2.19 bits per heavy atom. The van der Waals surface area contributed by atoms with Crippen LogP contribution in [-0.2, 0) is 0 Å². The molecule has 212 valence electrons. The van der Waals surface area contributed by atoms with Crippen molar-refractivity contribution in [1.82, 2.24) is 9.97 Å².